The number of halogens is 3. The first kappa shape index (κ1) is 13.2. The van der Waals surface area contributed by atoms with E-state index < -0.39 is 17.7 Å². The normalized spacial score (nSPS) is 12.7. The first-order chi connectivity index (χ1) is 8.49. The Morgan fingerprint density at radius 1 is 1.44 bits per heavy atom. The smallest absolute Gasteiger partial charge is 0.129 e. The maximum Gasteiger partial charge on any atom is 0.129 e. The van der Waals surface area contributed by atoms with E-state index in [0.29, 0.717) is 5.56 Å². The number of nitrogens with two attached hydrogens (primary N) is 1. The Morgan fingerprint density at radius 2 is 2.17 bits per heavy atom. The predicted octanol–water partition coefficient (Wildman–Crippen LogP) is 2.70. The van der Waals surface area contributed by atoms with Crippen molar-refractivity contribution in [3.05, 3.63) is 51.8 Å². The second-order valence-corrected chi connectivity index (χ2v) is 4.90. The van der Waals surface area contributed by atoms with E-state index in [9.17, 15) is 8.78 Å². The van der Waals surface area contributed by atoms with E-state index in [4.69, 9.17) is 5.73 Å². The number of hydrogen-bond acceptors (Lipinski definition) is 2. The summed E-state index contributed by atoms with van der Waals surface area (Å²) in [6.07, 6.45) is 1.92. The third kappa shape index (κ3) is 2.59. The highest BCUT2D eigenvalue weighted by Gasteiger charge is 2.17. The summed E-state index contributed by atoms with van der Waals surface area (Å²) in [7, 11) is 1.76. The molecule has 2 aromatic rings. The van der Waals surface area contributed by atoms with Crippen LogP contribution in [0, 0.1) is 11.6 Å². The molecule has 6 heteroatoms. The fourth-order valence-corrected chi connectivity index (χ4v) is 2.50. The van der Waals surface area contributed by atoms with Crippen molar-refractivity contribution >= 4 is 15.9 Å². The zero-order valence-electron chi connectivity index (χ0n) is 9.70. The molecule has 0 fully saturated rings. The van der Waals surface area contributed by atoms with Crippen LogP contribution < -0.4 is 5.73 Å². The Labute approximate surface area is 112 Å². The molecule has 3 nitrogen and oxygen atoms in total. The van der Waals surface area contributed by atoms with Crippen molar-refractivity contribution in [2.45, 2.75) is 12.5 Å². The van der Waals surface area contributed by atoms with Crippen LogP contribution in [-0.4, -0.2) is 9.78 Å². The van der Waals surface area contributed by atoms with Crippen LogP contribution in [-0.2, 0) is 13.5 Å². The quantitative estimate of drug-likeness (QED) is 0.946. The van der Waals surface area contributed by atoms with Crippen LogP contribution in [0.15, 0.2) is 28.9 Å². The Morgan fingerprint density at radius 3 is 2.72 bits per heavy atom. The summed E-state index contributed by atoms with van der Waals surface area (Å²) in [5, 5.41) is 4.05. The first-order valence-corrected chi connectivity index (χ1v) is 6.15. The summed E-state index contributed by atoms with van der Waals surface area (Å²) in [5.41, 5.74) is 7.19. The summed E-state index contributed by atoms with van der Waals surface area (Å²) in [6.45, 7) is 0. The average molecular weight is 316 g/mol. The molecule has 0 aliphatic rings. The van der Waals surface area contributed by atoms with E-state index in [-0.39, 0.29) is 6.42 Å². The summed E-state index contributed by atoms with van der Waals surface area (Å²) in [6, 6.07) is 3.09. The van der Waals surface area contributed by atoms with Crippen LogP contribution >= 0.6 is 15.9 Å². The lowest BCUT2D eigenvalue weighted by molar-refractivity contribution is 0.553. The zero-order valence-corrected chi connectivity index (χ0v) is 11.3. The van der Waals surface area contributed by atoms with Gasteiger partial charge in [-0.1, -0.05) is 6.07 Å². The monoisotopic (exact) mass is 315 g/mol. The van der Waals surface area contributed by atoms with Gasteiger partial charge in [-0.05, 0) is 34.0 Å². The second-order valence-electron chi connectivity index (χ2n) is 4.05. The Hall–Kier alpha value is -1.27. The summed E-state index contributed by atoms with van der Waals surface area (Å²) in [5.74, 6) is -1.17. The van der Waals surface area contributed by atoms with E-state index in [1.165, 1.54) is 12.1 Å². The molecule has 0 radical (unpaired) electrons. The predicted molar refractivity (Wildman–Crippen MR) is 67.9 cm³/mol. The van der Waals surface area contributed by atoms with Gasteiger partial charge in [-0.3, -0.25) is 4.68 Å². The van der Waals surface area contributed by atoms with Gasteiger partial charge in [0, 0.05) is 13.1 Å². The highest BCUT2D eigenvalue weighted by Crippen LogP contribution is 2.24. The van der Waals surface area contributed by atoms with Crippen LogP contribution in [0.4, 0.5) is 8.78 Å². The molecule has 0 saturated heterocycles. The lowest BCUT2D eigenvalue weighted by Crippen LogP contribution is -2.18. The van der Waals surface area contributed by atoms with Gasteiger partial charge in [-0.25, -0.2) is 8.78 Å². The topological polar surface area (TPSA) is 43.8 Å². The van der Waals surface area contributed by atoms with Gasteiger partial charge in [0.1, 0.15) is 11.6 Å². The van der Waals surface area contributed by atoms with E-state index in [1.54, 1.807) is 17.9 Å². The van der Waals surface area contributed by atoms with Crippen molar-refractivity contribution in [2.75, 3.05) is 0 Å². The molecule has 1 unspecified atom stereocenters. The van der Waals surface area contributed by atoms with Gasteiger partial charge < -0.3 is 5.73 Å². The lowest BCUT2D eigenvalue weighted by atomic mass is 10.0. The molecular formula is C12H12BrF2N3. The molecule has 0 amide bonds. The second kappa shape index (κ2) is 5.16. The van der Waals surface area contributed by atoms with Gasteiger partial charge in [0.05, 0.1) is 22.4 Å². The maximum atomic E-state index is 13.5. The molecule has 1 heterocycles. The van der Waals surface area contributed by atoms with E-state index in [2.05, 4.69) is 21.0 Å². The fourth-order valence-electron chi connectivity index (χ4n) is 1.86. The minimum atomic E-state index is -0.591. The molecule has 0 aliphatic carbocycles. The third-order valence-corrected chi connectivity index (χ3v) is 3.35. The van der Waals surface area contributed by atoms with E-state index in [0.717, 1.165) is 16.2 Å². The maximum absolute atomic E-state index is 13.5. The molecule has 0 saturated carbocycles. The van der Waals surface area contributed by atoms with Gasteiger partial charge in [0.15, 0.2) is 0 Å². The van der Waals surface area contributed by atoms with Crippen molar-refractivity contribution < 1.29 is 8.78 Å². The fraction of sp³-hybridized carbons (Fsp3) is 0.250. The Balaban J connectivity index is 2.24. The minimum Gasteiger partial charge on any atom is -0.322 e. The molecule has 0 aliphatic heterocycles. The summed E-state index contributed by atoms with van der Waals surface area (Å²) >= 11 is 3.34. The van der Waals surface area contributed by atoms with Crippen LogP contribution in [0.2, 0.25) is 0 Å². The Kier molecular flexibility index (Phi) is 3.77. The van der Waals surface area contributed by atoms with Gasteiger partial charge >= 0.3 is 0 Å². The first-order valence-electron chi connectivity index (χ1n) is 5.36. The number of aromatic nitrogens is 2. The van der Waals surface area contributed by atoms with Crippen molar-refractivity contribution in [2.24, 2.45) is 12.8 Å². The van der Waals surface area contributed by atoms with Gasteiger partial charge in [-0.15, -0.1) is 0 Å². The number of nitrogens with zero attached hydrogens (tertiary/aromatic N) is 2. The van der Waals surface area contributed by atoms with Crippen molar-refractivity contribution in [1.82, 2.24) is 9.78 Å². The molecule has 0 spiro atoms. The van der Waals surface area contributed by atoms with Crippen LogP contribution in [0.5, 0.6) is 0 Å². The number of rotatable bonds is 3. The standard InChI is InChI=1S/C12H12BrF2N3/c1-18-12(9(13)6-17-18)11(16)4-7-2-3-8(14)5-10(7)15/h2-3,5-6,11H,4,16H2,1H3. The van der Waals surface area contributed by atoms with Crippen LogP contribution in [0.25, 0.3) is 0 Å². The highest BCUT2D eigenvalue weighted by atomic mass is 79.9. The molecule has 1 aromatic carbocycles. The van der Waals surface area contributed by atoms with Crippen molar-refractivity contribution in [3.63, 3.8) is 0 Å². The highest BCUT2D eigenvalue weighted by molar-refractivity contribution is 9.10. The van der Waals surface area contributed by atoms with E-state index in [1.807, 2.05) is 0 Å². The molecule has 1 aromatic heterocycles. The lowest BCUT2D eigenvalue weighted by Gasteiger charge is -2.13. The molecule has 18 heavy (non-hydrogen) atoms. The average Bonchev–Trinajstić information content (AvgIpc) is 2.62. The van der Waals surface area contributed by atoms with Crippen molar-refractivity contribution in [1.29, 1.82) is 0 Å². The van der Waals surface area contributed by atoms with Gasteiger partial charge in [-0.2, -0.15) is 5.10 Å². The molecular weight excluding hydrogens is 304 g/mol. The SMILES string of the molecule is Cn1ncc(Br)c1C(N)Cc1ccc(F)cc1F. The van der Waals surface area contributed by atoms with Crippen molar-refractivity contribution in [3.8, 4) is 0 Å². The minimum absolute atomic E-state index is 0.282. The van der Waals surface area contributed by atoms with Gasteiger partial charge in [0.25, 0.3) is 0 Å². The molecule has 1 atom stereocenters. The van der Waals surface area contributed by atoms with E-state index >= 15 is 0 Å². The van der Waals surface area contributed by atoms with Crippen LogP contribution in [0.1, 0.15) is 17.3 Å². The zero-order chi connectivity index (χ0) is 13.3. The molecule has 2 rings (SSSR count). The van der Waals surface area contributed by atoms with Gasteiger partial charge in [0.2, 0.25) is 0 Å². The summed E-state index contributed by atoms with van der Waals surface area (Å²) < 4.78 is 28.7. The third-order valence-electron chi connectivity index (χ3n) is 2.74. The molecule has 96 valence electrons. The largest absolute Gasteiger partial charge is 0.322 e. The summed E-state index contributed by atoms with van der Waals surface area (Å²) in [4.78, 5) is 0. The molecule has 2 N–H and O–H groups in total. The number of hydrogen-bond donors (Lipinski definition) is 1. The molecule has 0 bridgehead atoms. The van der Waals surface area contributed by atoms with Crippen LogP contribution in [0.3, 0.4) is 0 Å². The Bertz CT molecular complexity index is 549. The number of aryl methyl sites for hydroxylation is 1. The number of benzene rings is 1.